The number of carboxylic acid groups (broad SMARTS) is 1. The Morgan fingerprint density at radius 1 is 0.504 bits per heavy atom. The summed E-state index contributed by atoms with van der Waals surface area (Å²) in [6.07, 6.45) is 26.0. The lowest BCUT2D eigenvalue weighted by Crippen LogP contribution is -2.54. The number of H-pyrrole nitrogens is 1. The average Bonchev–Trinajstić information content (AvgIpc) is 1.61. The fourth-order valence-corrected chi connectivity index (χ4v) is 18.4. The Labute approximate surface area is 758 Å². The number of imide groups is 4. The molecular formula is C97H113F2N21O11. The second-order valence-corrected chi connectivity index (χ2v) is 34.4. The Morgan fingerprint density at radius 2 is 1.02 bits per heavy atom. The van der Waals surface area contributed by atoms with Crippen LogP contribution in [-0.2, 0) is 28.8 Å². The fraction of sp³-hybridized carbons (Fsp3) is 0.423. The van der Waals surface area contributed by atoms with Crippen molar-refractivity contribution in [1.82, 2.24) is 69.7 Å². The van der Waals surface area contributed by atoms with Crippen LogP contribution < -0.4 is 41.7 Å². The highest BCUT2D eigenvalue weighted by Crippen LogP contribution is 2.39. The van der Waals surface area contributed by atoms with Crippen molar-refractivity contribution in [3.05, 3.63) is 203 Å². The van der Waals surface area contributed by atoms with E-state index in [0.717, 1.165) is 240 Å². The molecule has 4 atom stereocenters. The molecule has 0 spiro atoms. The molecular weight excluding hydrogens is 1670 g/mol. The van der Waals surface area contributed by atoms with Gasteiger partial charge in [0.15, 0.2) is 5.65 Å². The van der Waals surface area contributed by atoms with Crippen molar-refractivity contribution < 1.29 is 61.8 Å². The number of fused-ring (bicyclic) bond motifs is 3. The number of nitrogens with two attached hydrogens (primary N) is 1. The van der Waals surface area contributed by atoms with Gasteiger partial charge in [-0.3, -0.25) is 83.6 Å². The number of ketones is 1. The lowest BCUT2D eigenvalue weighted by molar-refractivity contribution is -0.139. The van der Waals surface area contributed by atoms with Crippen LogP contribution in [0.15, 0.2) is 152 Å². The van der Waals surface area contributed by atoms with Crippen molar-refractivity contribution in [3.8, 4) is 22.8 Å². The molecule has 8 amide bonds. The van der Waals surface area contributed by atoms with Gasteiger partial charge in [-0.25, -0.2) is 33.2 Å². The highest BCUT2D eigenvalue weighted by Gasteiger charge is 2.47. The van der Waals surface area contributed by atoms with Crippen LogP contribution in [0.3, 0.4) is 0 Å². The summed E-state index contributed by atoms with van der Waals surface area (Å²) in [5.41, 5.74) is 13.8. The maximum atomic E-state index is 13.9. The summed E-state index contributed by atoms with van der Waals surface area (Å²) in [6.45, 7) is 10.4. The van der Waals surface area contributed by atoms with Gasteiger partial charge in [-0.15, -0.1) is 5.10 Å². The summed E-state index contributed by atoms with van der Waals surface area (Å²) in [5.74, 6) is -1.43. The minimum atomic E-state index is -0.976. The van der Waals surface area contributed by atoms with Gasteiger partial charge in [0.2, 0.25) is 23.6 Å². The fourth-order valence-electron chi connectivity index (χ4n) is 18.4. The Hall–Kier alpha value is -13.3. The number of piperazine rings is 2. The van der Waals surface area contributed by atoms with Crippen LogP contribution in [0.1, 0.15) is 212 Å². The number of amides is 8. The summed E-state index contributed by atoms with van der Waals surface area (Å²) in [4.78, 5) is 160. The lowest BCUT2D eigenvalue weighted by Gasteiger charge is -2.35. The first-order chi connectivity index (χ1) is 63.7. The van der Waals surface area contributed by atoms with Gasteiger partial charge in [0.1, 0.15) is 64.3 Å². The van der Waals surface area contributed by atoms with Gasteiger partial charge in [-0.2, -0.15) is 0 Å². The van der Waals surface area contributed by atoms with Gasteiger partial charge in [0.25, 0.3) is 23.6 Å². The molecule has 9 aromatic rings. The quantitative estimate of drug-likeness (QED) is 0.00791. The van der Waals surface area contributed by atoms with E-state index in [9.17, 15) is 56.7 Å². The van der Waals surface area contributed by atoms with E-state index < -0.39 is 59.4 Å². The SMILES string of the molecule is N=C(/C=C\c1ncc(-c2cccc(N3CCN(CC(=O)CCCCCCCCCNc4ccc5c(c4)C(=O)N(C4CCC(=O)NC4=O)C5=O)CC3)n2)[nH]1)N1CCC[C@@H]1c1cccc(F)c1.NCCCCCCCCNc1ccc2c(c1)C(=O)N(C1CCC(=O)NC1=O)C2=O.O=C(O)CN1CCN(c2cccc(-c3cnc4ccc(N5CCC[C@@H]5c5cccc(F)c5)nn34)n2)CC1. The van der Waals surface area contributed by atoms with Crippen LogP contribution in [0.25, 0.3) is 34.5 Å². The number of aliphatic carboxylic acids is 1. The number of aromatic nitrogens is 7. The van der Waals surface area contributed by atoms with Gasteiger partial charge in [0.05, 0.1) is 76.9 Å². The van der Waals surface area contributed by atoms with Crippen molar-refractivity contribution in [2.45, 2.75) is 165 Å². The molecule has 32 nitrogen and oxygen atoms in total. The third-order valence-corrected chi connectivity index (χ3v) is 25.4. The van der Waals surface area contributed by atoms with Gasteiger partial charge < -0.3 is 46.1 Å². The van der Waals surface area contributed by atoms with E-state index in [1.54, 1.807) is 85.2 Å². The van der Waals surface area contributed by atoms with E-state index in [2.05, 4.69) is 55.8 Å². The van der Waals surface area contributed by atoms with Crippen molar-refractivity contribution >= 4 is 105 Å². The highest BCUT2D eigenvalue weighted by atomic mass is 19.1. The van der Waals surface area contributed by atoms with Crippen molar-refractivity contribution in [3.63, 3.8) is 0 Å². The largest absolute Gasteiger partial charge is 0.480 e. The zero-order valence-electron chi connectivity index (χ0n) is 73.6. The normalized spacial score (nSPS) is 18.9. The number of nitrogens with one attached hydrogen (secondary N) is 6. The molecule has 0 bridgehead atoms. The monoisotopic (exact) mass is 1790 g/mol. The van der Waals surface area contributed by atoms with Crippen LogP contribution in [0.2, 0.25) is 0 Å². The van der Waals surface area contributed by atoms with Crippen LogP contribution in [-0.4, -0.2) is 239 Å². The minimum absolute atomic E-state index is 0.0184. The number of carboxylic acids is 1. The molecule has 4 aromatic carbocycles. The summed E-state index contributed by atoms with van der Waals surface area (Å²) < 4.78 is 29.6. The number of carbonyl (C=O) groups is 10. The topological polar surface area (TPSA) is 399 Å². The van der Waals surface area contributed by atoms with Crippen LogP contribution in [0.5, 0.6) is 0 Å². The number of hydrogen-bond acceptors (Lipinski definition) is 24. The number of carbonyl (C=O) groups excluding carboxylic acids is 9. The number of unbranched alkanes of at least 4 members (excludes halogenated alkanes) is 11. The smallest absolute Gasteiger partial charge is 0.317 e. The number of pyridine rings is 2. The molecule has 8 aliphatic heterocycles. The molecule has 6 saturated heterocycles. The van der Waals surface area contributed by atoms with Gasteiger partial charge in [-0.05, 0) is 191 Å². The molecule has 6 fully saturated rings. The molecule has 9 N–H and O–H groups in total. The lowest BCUT2D eigenvalue weighted by atomic mass is 10.0. The Bertz CT molecular complexity index is 5710. The molecule has 131 heavy (non-hydrogen) atoms. The molecule has 686 valence electrons. The van der Waals surface area contributed by atoms with Gasteiger partial charge in [-0.1, -0.05) is 94.2 Å². The molecule has 17 rings (SSSR count). The first kappa shape index (κ1) is 92.4. The zero-order valence-corrected chi connectivity index (χ0v) is 73.6. The van der Waals surface area contributed by atoms with Crippen molar-refractivity contribution in [2.24, 2.45) is 5.73 Å². The molecule has 8 aliphatic rings. The van der Waals surface area contributed by atoms with E-state index in [-0.39, 0.29) is 78.8 Å². The van der Waals surface area contributed by atoms with E-state index in [4.69, 9.17) is 31.3 Å². The van der Waals surface area contributed by atoms with Crippen molar-refractivity contribution in [1.29, 1.82) is 5.41 Å². The molecule has 34 heteroatoms. The van der Waals surface area contributed by atoms with Gasteiger partial charge >= 0.3 is 5.97 Å². The van der Waals surface area contributed by atoms with Crippen LogP contribution in [0.4, 0.5) is 37.6 Å². The predicted molar refractivity (Wildman–Crippen MR) is 492 cm³/mol. The Balaban J connectivity index is 0.000000167. The number of hydrogen-bond donors (Lipinski definition) is 8. The first-order valence-electron chi connectivity index (χ1n) is 45.9. The standard InChI is InChI=1S/C49H57FN10O5.C27H28FN7O2.C21H28N4O4/c50-34-12-8-11-33(29-34)41-15-10-24-59(41)43(51)20-21-44-53-31-40(54-44)39-14-9-16-45(55-39)58-27-25-57(26-28-58)32-36(61)13-6-4-2-1-3-5-7-23-52-35-17-18-37-38(30-35)49(65)60(48(37)64)42-19-22-46(62)56-47(42)63;28-20-5-1-4-19(16-20)22-7-3-11-34(22)26-10-9-24-29-17-23(35(24)31-26)21-6-2-8-25(30-21)33-14-12-32(13-15-33)18-27(36)37;22-11-5-3-1-2-4-6-12-23-14-7-8-15-16(13-14)21(29)25(20(15)28)17-9-10-18(26)24-19(17)27/h8-9,11-12,14,16-18,20-21,29-31,41-42,51-52H,1-7,10,13,15,19,22-28,32H2,(H,53,54)(H,56,62,63);1-2,4-6,8-10,16-17,22H,3,7,11-15,18H2,(H,36,37);7-8,13,17,23H,1-6,9-12,22H2,(H,24,26,27)/b21-20-,51-43?;;/t41-,42?;22-;/m11./s1. The molecule has 0 aliphatic carbocycles. The predicted octanol–water partition coefficient (Wildman–Crippen LogP) is 12.0. The number of halogens is 2. The maximum Gasteiger partial charge on any atom is 0.317 e. The second kappa shape index (κ2) is 43.8. The zero-order chi connectivity index (χ0) is 91.4. The van der Waals surface area contributed by atoms with Crippen molar-refractivity contribution in [2.75, 3.05) is 124 Å². The summed E-state index contributed by atoms with van der Waals surface area (Å²) in [5, 5.41) is 33.8. The molecule has 0 radical (unpaired) electrons. The van der Waals surface area contributed by atoms with E-state index in [0.29, 0.717) is 48.8 Å². The summed E-state index contributed by atoms with van der Waals surface area (Å²) in [6, 6.07) is 37.5. The number of nitrogens with zero attached hydrogens (tertiary/aromatic N) is 14. The number of benzene rings is 4. The third kappa shape index (κ3) is 23.1. The molecule has 5 aromatic heterocycles. The van der Waals surface area contributed by atoms with E-state index in [1.807, 2.05) is 75.0 Å². The number of piperidine rings is 2. The van der Waals surface area contributed by atoms with E-state index in [1.165, 1.54) is 31.4 Å². The second-order valence-electron chi connectivity index (χ2n) is 34.4. The average molecular weight is 1790 g/mol. The number of likely N-dealkylation sites (tertiary alicyclic amines) is 1. The minimum Gasteiger partial charge on any atom is -0.480 e. The Kier molecular flexibility index (Phi) is 30.9. The molecule has 13 heterocycles. The first-order valence-corrected chi connectivity index (χ1v) is 45.9. The number of amidine groups is 1. The number of aromatic amines is 1. The molecule has 2 unspecified atom stereocenters. The number of rotatable bonds is 35. The molecule has 0 saturated carbocycles. The summed E-state index contributed by atoms with van der Waals surface area (Å²) >= 11 is 0. The highest BCUT2D eigenvalue weighted by molar-refractivity contribution is 6.25. The number of Topliss-reactive ketones (excluding diaryl/α,β-unsaturated/α-hetero) is 1. The maximum absolute atomic E-state index is 13.9. The van der Waals surface area contributed by atoms with Crippen LogP contribution >= 0.6 is 0 Å². The van der Waals surface area contributed by atoms with E-state index >= 15 is 0 Å². The van der Waals surface area contributed by atoms with Crippen LogP contribution in [0, 0.1) is 17.0 Å². The third-order valence-electron chi connectivity index (χ3n) is 25.4. The number of imidazole rings is 2. The Morgan fingerprint density at radius 3 is 1.58 bits per heavy atom. The van der Waals surface area contributed by atoms with Gasteiger partial charge in [0, 0.05) is 109 Å². The summed E-state index contributed by atoms with van der Waals surface area (Å²) in [7, 11) is 0. The number of anilines is 5.